The molecule has 0 amide bonds. The minimum absolute atomic E-state index is 0.0491. The lowest BCUT2D eigenvalue weighted by molar-refractivity contribution is 0.271. The fourth-order valence-electron chi connectivity index (χ4n) is 3.01. The second-order valence-corrected chi connectivity index (χ2v) is 5.47. The van der Waals surface area contributed by atoms with Crippen LogP contribution in [0.15, 0.2) is 48.5 Å². The average Bonchev–Trinajstić information content (AvgIpc) is 2.37. The SMILES string of the molecule is Cc1ccccc1C1(Cc2ccccc2F)CNC1. The smallest absolute Gasteiger partial charge is 0.126 e. The molecule has 1 aliphatic rings. The molecule has 0 atom stereocenters. The topological polar surface area (TPSA) is 12.0 Å². The first-order valence-corrected chi connectivity index (χ1v) is 6.72. The van der Waals surface area contributed by atoms with Crippen molar-refractivity contribution in [3.63, 3.8) is 0 Å². The minimum atomic E-state index is -0.0950. The summed E-state index contributed by atoms with van der Waals surface area (Å²) >= 11 is 0. The molecule has 2 aromatic rings. The van der Waals surface area contributed by atoms with Gasteiger partial charge in [-0.2, -0.15) is 0 Å². The van der Waals surface area contributed by atoms with Gasteiger partial charge in [0.1, 0.15) is 5.82 Å². The van der Waals surface area contributed by atoms with Gasteiger partial charge in [0.2, 0.25) is 0 Å². The Kier molecular flexibility index (Phi) is 3.11. The lowest BCUT2D eigenvalue weighted by Gasteiger charge is -2.44. The Bertz CT molecular complexity index is 587. The molecule has 0 bridgehead atoms. The second kappa shape index (κ2) is 4.78. The van der Waals surface area contributed by atoms with E-state index in [2.05, 4.69) is 36.5 Å². The molecule has 0 unspecified atom stereocenters. The highest BCUT2D eigenvalue weighted by atomic mass is 19.1. The lowest BCUT2D eigenvalue weighted by atomic mass is 9.69. The van der Waals surface area contributed by atoms with E-state index in [1.165, 1.54) is 11.1 Å². The monoisotopic (exact) mass is 255 g/mol. The molecule has 98 valence electrons. The van der Waals surface area contributed by atoms with Crippen molar-refractivity contribution in [3.8, 4) is 0 Å². The average molecular weight is 255 g/mol. The summed E-state index contributed by atoms with van der Waals surface area (Å²) < 4.78 is 13.9. The van der Waals surface area contributed by atoms with Crippen LogP contribution in [0, 0.1) is 12.7 Å². The van der Waals surface area contributed by atoms with Crippen molar-refractivity contribution in [1.29, 1.82) is 0 Å². The van der Waals surface area contributed by atoms with E-state index in [9.17, 15) is 4.39 Å². The Hall–Kier alpha value is -1.67. The van der Waals surface area contributed by atoms with Crippen LogP contribution in [-0.4, -0.2) is 13.1 Å². The number of aryl methyl sites for hydroxylation is 1. The van der Waals surface area contributed by atoms with Gasteiger partial charge in [-0.05, 0) is 36.1 Å². The molecular weight excluding hydrogens is 237 g/mol. The van der Waals surface area contributed by atoms with Crippen molar-refractivity contribution in [2.75, 3.05) is 13.1 Å². The third-order valence-electron chi connectivity index (χ3n) is 4.13. The van der Waals surface area contributed by atoms with Crippen LogP contribution in [0.1, 0.15) is 16.7 Å². The zero-order chi connectivity index (χ0) is 13.3. The molecule has 1 nitrogen and oxygen atoms in total. The Morgan fingerprint density at radius 1 is 1.05 bits per heavy atom. The van der Waals surface area contributed by atoms with Crippen LogP contribution in [0.3, 0.4) is 0 Å². The Morgan fingerprint density at radius 2 is 1.74 bits per heavy atom. The highest BCUT2D eigenvalue weighted by Crippen LogP contribution is 2.34. The summed E-state index contributed by atoms with van der Waals surface area (Å²) in [6, 6.07) is 15.5. The van der Waals surface area contributed by atoms with Crippen LogP contribution < -0.4 is 5.32 Å². The predicted octanol–water partition coefficient (Wildman–Crippen LogP) is 3.22. The van der Waals surface area contributed by atoms with E-state index < -0.39 is 0 Å². The maximum atomic E-state index is 13.9. The second-order valence-electron chi connectivity index (χ2n) is 5.47. The molecule has 19 heavy (non-hydrogen) atoms. The van der Waals surface area contributed by atoms with Crippen LogP contribution >= 0.6 is 0 Å². The molecule has 0 radical (unpaired) electrons. The van der Waals surface area contributed by atoms with Crippen LogP contribution in [0.25, 0.3) is 0 Å². The van der Waals surface area contributed by atoms with E-state index in [0.29, 0.717) is 0 Å². The molecule has 0 aromatic heterocycles. The quantitative estimate of drug-likeness (QED) is 0.888. The summed E-state index contributed by atoms with van der Waals surface area (Å²) in [7, 11) is 0. The van der Waals surface area contributed by atoms with Crippen molar-refractivity contribution in [1.82, 2.24) is 5.32 Å². The van der Waals surface area contributed by atoms with Crippen molar-refractivity contribution in [3.05, 3.63) is 71.0 Å². The highest BCUT2D eigenvalue weighted by molar-refractivity contribution is 5.39. The van der Waals surface area contributed by atoms with Crippen molar-refractivity contribution in [2.45, 2.75) is 18.8 Å². The van der Waals surface area contributed by atoms with Gasteiger partial charge in [-0.25, -0.2) is 4.39 Å². The molecule has 0 aliphatic carbocycles. The van der Waals surface area contributed by atoms with Crippen LogP contribution in [0.5, 0.6) is 0 Å². The molecular formula is C17H18FN. The van der Waals surface area contributed by atoms with Gasteiger partial charge in [-0.1, -0.05) is 42.5 Å². The van der Waals surface area contributed by atoms with Crippen molar-refractivity contribution >= 4 is 0 Å². The predicted molar refractivity (Wildman–Crippen MR) is 75.8 cm³/mol. The fourth-order valence-corrected chi connectivity index (χ4v) is 3.01. The summed E-state index contributed by atoms with van der Waals surface area (Å²) in [6.07, 6.45) is 0.761. The highest BCUT2D eigenvalue weighted by Gasteiger charge is 2.39. The molecule has 2 aromatic carbocycles. The van der Waals surface area contributed by atoms with Gasteiger partial charge >= 0.3 is 0 Å². The normalized spacial score (nSPS) is 16.9. The largest absolute Gasteiger partial charge is 0.315 e. The number of nitrogens with one attached hydrogen (secondary N) is 1. The van der Waals surface area contributed by atoms with E-state index in [1.807, 2.05) is 12.1 Å². The van der Waals surface area contributed by atoms with Gasteiger partial charge in [0, 0.05) is 18.5 Å². The van der Waals surface area contributed by atoms with E-state index in [4.69, 9.17) is 0 Å². The lowest BCUT2D eigenvalue weighted by Crippen LogP contribution is -2.58. The molecule has 1 N–H and O–H groups in total. The fraction of sp³-hybridized carbons (Fsp3) is 0.294. The van der Waals surface area contributed by atoms with Gasteiger partial charge in [0.05, 0.1) is 0 Å². The number of hydrogen-bond acceptors (Lipinski definition) is 1. The first-order valence-electron chi connectivity index (χ1n) is 6.72. The zero-order valence-corrected chi connectivity index (χ0v) is 11.1. The molecule has 0 saturated carbocycles. The van der Waals surface area contributed by atoms with Gasteiger partial charge in [0.25, 0.3) is 0 Å². The van der Waals surface area contributed by atoms with Crippen molar-refractivity contribution in [2.24, 2.45) is 0 Å². The van der Waals surface area contributed by atoms with Gasteiger partial charge in [0.15, 0.2) is 0 Å². The van der Waals surface area contributed by atoms with Crippen LogP contribution in [0.4, 0.5) is 4.39 Å². The zero-order valence-electron chi connectivity index (χ0n) is 11.1. The first kappa shape index (κ1) is 12.4. The summed E-state index contributed by atoms with van der Waals surface area (Å²) in [6.45, 7) is 3.98. The third-order valence-corrected chi connectivity index (χ3v) is 4.13. The number of rotatable bonds is 3. The molecule has 1 saturated heterocycles. The van der Waals surface area contributed by atoms with E-state index >= 15 is 0 Å². The summed E-state index contributed by atoms with van der Waals surface area (Å²) in [5, 5.41) is 3.35. The summed E-state index contributed by atoms with van der Waals surface area (Å²) in [5.41, 5.74) is 3.50. The van der Waals surface area contributed by atoms with Crippen LogP contribution in [-0.2, 0) is 11.8 Å². The maximum absolute atomic E-state index is 13.9. The summed E-state index contributed by atoms with van der Waals surface area (Å²) in [5.74, 6) is -0.0950. The molecule has 1 fully saturated rings. The Morgan fingerprint density at radius 3 is 2.37 bits per heavy atom. The molecule has 1 heterocycles. The van der Waals surface area contributed by atoms with Gasteiger partial charge in [-0.3, -0.25) is 0 Å². The minimum Gasteiger partial charge on any atom is -0.315 e. The summed E-state index contributed by atoms with van der Waals surface area (Å²) in [4.78, 5) is 0. The Balaban J connectivity index is 1.97. The van der Waals surface area contributed by atoms with E-state index in [-0.39, 0.29) is 11.2 Å². The van der Waals surface area contributed by atoms with E-state index in [0.717, 1.165) is 25.1 Å². The number of benzene rings is 2. The van der Waals surface area contributed by atoms with Gasteiger partial charge in [-0.15, -0.1) is 0 Å². The van der Waals surface area contributed by atoms with Crippen LogP contribution in [0.2, 0.25) is 0 Å². The maximum Gasteiger partial charge on any atom is 0.126 e. The standard InChI is InChI=1S/C17H18FN/c1-13-6-2-4-8-15(13)17(11-19-12-17)10-14-7-3-5-9-16(14)18/h2-9,19H,10-12H2,1H3. The molecule has 3 rings (SSSR count). The Labute approximate surface area is 113 Å². The third kappa shape index (κ3) is 2.17. The van der Waals surface area contributed by atoms with Gasteiger partial charge < -0.3 is 5.32 Å². The molecule has 2 heteroatoms. The number of halogens is 1. The first-order chi connectivity index (χ1) is 9.21. The molecule has 1 aliphatic heterocycles. The molecule has 0 spiro atoms. The van der Waals surface area contributed by atoms with Crippen molar-refractivity contribution < 1.29 is 4.39 Å². The van der Waals surface area contributed by atoms with E-state index in [1.54, 1.807) is 12.1 Å². The number of hydrogen-bond donors (Lipinski definition) is 1.